The Morgan fingerprint density at radius 2 is 2.29 bits per heavy atom. The van der Waals surface area contributed by atoms with E-state index in [1.807, 2.05) is 24.3 Å². The number of rotatable bonds is 4. The standard InChI is InChI=1S/C17H18N4O2S/c1-20-14(8-9-18-20)16(22)21(11-12-5-4-10-23-12)17-19-13-6-2-3-7-15(13)24-17/h2-3,6-9,12H,4-5,10-11H2,1H3. The fourth-order valence-electron chi connectivity index (χ4n) is 2.94. The smallest absolute Gasteiger partial charge is 0.278 e. The number of carbonyl (C=O) groups is 1. The highest BCUT2D eigenvalue weighted by Gasteiger charge is 2.28. The molecular weight excluding hydrogens is 324 g/mol. The Hall–Kier alpha value is -2.25. The van der Waals surface area contributed by atoms with Gasteiger partial charge in [-0.25, -0.2) is 4.98 Å². The molecule has 1 atom stereocenters. The van der Waals surface area contributed by atoms with Crippen LogP contribution >= 0.6 is 11.3 Å². The molecule has 3 aromatic rings. The summed E-state index contributed by atoms with van der Waals surface area (Å²) in [6, 6.07) is 9.67. The van der Waals surface area contributed by atoms with E-state index in [2.05, 4.69) is 10.1 Å². The van der Waals surface area contributed by atoms with Gasteiger partial charge in [0.15, 0.2) is 5.13 Å². The number of hydrogen-bond acceptors (Lipinski definition) is 5. The first-order chi connectivity index (χ1) is 11.7. The largest absolute Gasteiger partial charge is 0.376 e. The first-order valence-electron chi connectivity index (χ1n) is 7.99. The molecule has 0 bridgehead atoms. The van der Waals surface area contributed by atoms with Gasteiger partial charge < -0.3 is 4.74 Å². The number of aromatic nitrogens is 3. The van der Waals surface area contributed by atoms with Crippen LogP contribution in [-0.4, -0.2) is 39.9 Å². The fourth-order valence-corrected chi connectivity index (χ4v) is 3.91. The Labute approximate surface area is 143 Å². The third-order valence-corrected chi connectivity index (χ3v) is 5.27. The van der Waals surface area contributed by atoms with E-state index in [1.54, 1.807) is 28.9 Å². The molecule has 0 saturated carbocycles. The van der Waals surface area contributed by atoms with E-state index in [0.717, 1.165) is 29.7 Å². The highest BCUT2D eigenvalue weighted by Crippen LogP contribution is 2.30. The van der Waals surface area contributed by atoms with Gasteiger partial charge in [-0.3, -0.25) is 14.4 Å². The summed E-state index contributed by atoms with van der Waals surface area (Å²) in [5.74, 6) is -0.0930. The minimum absolute atomic E-state index is 0.0641. The average molecular weight is 342 g/mol. The SMILES string of the molecule is Cn1nccc1C(=O)N(CC1CCCO1)c1nc2ccccc2s1. The van der Waals surface area contributed by atoms with Crippen molar-refractivity contribution < 1.29 is 9.53 Å². The van der Waals surface area contributed by atoms with Gasteiger partial charge in [0.25, 0.3) is 5.91 Å². The molecule has 1 fully saturated rings. The number of aryl methyl sites for hydroxylation is 1. The van der Waals surface area contributed by atoms with E-state index in [-0.39, 0.29) is 12.0 Å². The van der Waals surface area contributed by atoms with Gasteiger partial charge in [0, 0.05) is 19.9 Å². The Kier molecular flexibility index (Phi) is 4.03. The molecule has 1 saturated heterocycles. The summed E-state index contributed by atoms with van der Waals surface area (Å²) in [4.78, 5) is 19.5. The predicted octanol–water partition coefficient (Wildman–Crippen LogP) is 2.86. The summed E-state index contributed by atoms with van der Waals surface area (Å²) in [6.07, 6.45) is 3.71. The minimum Gasteiger partial charge on any atom is -0.376 e. The van der Waals surface area contributed by atoms with Crippen LogP contribution in [-0.2, 0) is 11.8 Å². The average Bonchev–Trinajstić information content (AvgIpc) is 3.32. The van der Waals surface area contributed by atoms with E-state index in [0.29, 0.717) is 17.4 Å². The quantitative estimate of drug-likeness (QED) is 0.731. The summed E-state index contributed by atoms with van der Waals surface area (Å²) in [5.41, 5.74) is 1.46. The number of para-hydroxylation sites is 1. The maximum atomic E-state index is 13.1. The van der Waals surface area contributed by atoms with Crippen molar-refractivity contribution in [3.63, 3.8) is 0 Å². The van der Waals surface area contributed by atoms with Crippen LogP contribution < -0.4 is 4.90 Å². The number of nitrogens with zero attached hydrogens (tertiary/aromatic N) is 4. The molecule has 1 amide bonds. The van der Waals surface area contributed by atoms with Crippen molar-refractivity contribution in [3.05, 3.63) is 42.2 Å². The number of anilines is 1. The third kappa shape index (κ3) is 2.81. The van der Waals surface area contributed by atoms with Crippen LogP contribution in [0.1, 0.15) is 23.3 Å². The zero-order valence-electron chi connectivity index (χ0n) is 13.4. The Balaban J connectivity index is 1.71. The highest BCUT2D eigenvalue weighted by molar-refractivity contribution is 7.22. The lowest BCUT2D eigenvalue weighted by molar-refractivity contribution is 0.0910. The Morgan fingerprint density at radius 3 is 3.00 bits per heavy atom. The topological polar surface area (TPSA) is 60.2 Å². The summed E-state index contributed by atoms with van der Waals surface area (Å²) >= 11 is 1.53. The van der Waals surface area contributed by atoms with Gasteiger partial charge in [-0.1, -0.05) is 23.5 Å². The number of thiazole rings is 1. The zero-order chi connectivity index (χ0) is 16.5. The molecule has 4 rings (SSSR count). The van der Waals surface area contributed by atoms with Crippen molar-refractivity contribution in [2.24, 2.45) is 7.05 Å². The molecule has 0 aliphatic carbocycles. The number of carbonyl (C=O) groups excluding carboxylic acids is 1. The summed E-state index contributed by atoms with van der Waals surface area (Å²) < 4.78 is 8.40. The normalized spacial score (nSPS) is 17.5. The molecule has 0 N–H and O–H groups in total. The Morgan fingerprint density at radius 1 is 1.42 bits per heavy atom. The molecule has 1 aromatic carbocycles. The van der Waals surface area contributed by atoms with Gasteiger partial charge in [0.1, 0.15) is 5.69 Å². The van der Waals surface area contributed by atoms with Gasteiger partial charge in [-0.05, 0) is 31.0 Å². The van der Waals surface area contributed by atoms with Crippen LogP contribution in [0.3, 0.4) is 0 Å². The van der Waals surface area contributed by atoms with Crippen LogP contribution in [0.2, 0.25) is 0 Å². The molecule has 3 heterocycles. The molecule has 0 spiro atoms. The lowest BCUT2D eigenvalue weighted by Gasteiger charge is -2.22. The van der Waals surface area contributed by atoms with E-state index in [1.165, 1.54) is 11.3 Å². The molecule has 2 aromatic heterocycles. The van der Waals surface area contributed by atoms with Crippen molar-refractivity contribution in [2.45, 2.75) is 18.9 Å². The van der Waals surface area contributed by atoms with Crippen LogP contribution in [0, 0.1) is 0 Å². The maximum absolute atomic E-state index is 13.1. The maximum Gasteiger partial charge on any atom is 0.278 e. The lowest BCUT2D eigenvalue weighted by Crippen LogP contribution is -2.38. The third-order valence-electron chi connectivity index (χ3n) is 4.21. The van der Waals surface area contributed by atoms with Crippen molar-refractivity contribution >= 4 is 32.6 Å². The molecule has 124 valence electrons. The number of amides is 1. The van der Waals surface area contributed by atoms with Crippen molar-refractivity contribution in [1.29, 1.82) is 0 Å². The van der Waals surface area contributed by atoms with Crippen molar-refractivity contribution in [3.8, 4) is 0 Å². The van der Waals surface area contributed by atoms with Crippen LogP contribution in [0.5, 0.6) is 0 Å². The van der Waals surface area contributed by atoms with Crippen molar-refractivity contribution in [1.82, 2.24) is 14.8 Å². The van der Waals surface area contributed by atoms with Crippen LogP contribution in [0.4, 0.5) is 5.13 Å². The fraction of sp³-hybridized carbons (Fsp3) is 0.353. The molecule has 1 aliphatic heterocycles. The molecule has 24 heavy (non-hydrogen) atoms. The molecule has 7 heteroatoms. The molecule has 1 unspecified atom stereocenters. The molecule has 0 radical (unpaired) electrons. The first kappa shape index (κ1) is 15.3. The summed E-state index contributed by atoms with van der Waals surface area (Å²) in [6.45, 7) is 1.28. The lowest BCUT2D eigenvalue weighted by atomic mass is 10.2. The van der Waals surface area contributed by atoms with E-state index in [9.17, 15) is 4.79 Å². The first-order valence-corrected chi connectivity index (χ1v) is 8.81. The number of hydrogen-bond donors (Lipinski definition) is 0. The van der Waals surface area contributed by atoms with Gasteiger partial charge >= 0.3 is 0 Å². The van der Waals surface area contributed by atoms with E-state index < -0.39 is 0 Å². The molecule has 6 nitrogen and oxygen atoms in total. The summed E-state index contributed by atoms with van der Waals surface area (Å²) in [7, 11) is 1.77. The van der Waals surface area contributed by atoms with Crippen LogP contribution in [0.25, 0.3) is 10.2 Å². The summed E-state index contributed by atoms with van der Waals surface area (Å²) in [5, 5.41) is 4.82. The van der Waals surface area contributed by atoms with E-state index >= 15 is 0 Å². The van der Waals surface area contributed by atoms with Gasteiger partial charge in [-0.2, -0.15) is 5.10 Å². The van der Waals surface area contributed by atoms with Crippen LogP contribution in [0.15, 0.2) is 36.5 Å². The number of fused-ring (bicyclic) bond motifs is 1. The molecular formula is C17H18N4O2S. The zero-order valence-corrected chi connectivity index (χ0v) is 14.2. The minimum atomic E-state index is -0.0930. The van der Waals surface area contributed by atoms with E-state index in [4.69, 9.17) is 4.74 Å². The predicted molar refractivity (Wildman–Crippen MR) is 93.5 cm³/mol. The second-order valence-corrected chi connectivity index (χ2v) is 6.86. The van der Waals surface area contributed by atoms with Gasteiger partial charge in [-0.15, -0.1) is 0 Å². The highest BCUT2D eigenvalue weighted by atomic mass is 32.1. The Bertz CT molecular complexity index is 833. The monoisotopic (exact) mass is 342 g/mol. The van der Waals surface area contributed by atoms with Gasteiger partial charge in [0.05, 0.1) is 22.9 Å². The van der Waals surface area contributed by atoms with Crippen molar-refractivity contribution in [2.75, 3.05) is 18.1 Å². The number of ether oxygens (including phenoxy) is 1. The van der Waals surface area contributed by atoms with Gasteiger partial charge in [0.2, 0.25) is 0 Å². The second-order valence-electron chi connectivity index (χ2n) is 5.86. The molecule has 1 aliphatic rings. The number of benzene rings is 1. The second kappa shape index (κ2) is 6.33.